The Hall–Kier alpha value is -0.990. The van der Waals surface area contributed by atoms with Crippen LogP contribution < -0.4 is 5.32 Å². The lowest BCUT2D eigenvalue weighted by molar-refractivity contribution is -0.111. The first-order valence-corrected chi connectivity index (χ1v) is 3.97. The summed E-state index contributed by atoms with van der Waals surface area (Å²) in [5.74, 6) is 0.720. The molecule has 1 unspecified atom stereocenters. The second-order valence-corrected chi connectivity index (χ2v) is 3.20. The van der Waals surface area contributed by atoms with E-state index in [1.165, 1.54) is 18.5 Å². The van der Waals surface area contributed by atoms with Gasteiger partial charge in [0.2, 0.25) is 0 Å². The van der Waals surface area contributed by atoms with Crippen molar-refractivity contribution in [3.05, 3.63) is 11.9 Å². The van der Waals surface area contributed by atoms with E-state index in [-0.39, 0.29) is 6.17 Å². The van der Waals surface area contributed by atoms with Crippen LogP contribution in [0.15, 0.2) is 11.9 Å². The normalized spacial score (nSPS) is 29.7. The van der Waals surface area contributed by atoms with Gasteiger partial charge in [-0.15, -0.1) is 0 Å². The molecule has 0 bridgehead atoms. The molecule has 0 spiro atoms. The van der Waals surface area contributed by atoms with Gasteiger partial charge >= 0.3 is 0 Å². The zero-order valence-corrected chi connectivity index (χ0v) is 6.58. The fourth-order valence-electron chi connectivity index (χ4n) is 1.46. The monoisotopic (exact) mass is 152 g/mol. The van der Waals surface area contributed by atoms with Crippen molar-refractivity contribution in [2.75, 3.05) is 7.05 Å². The van der Waals surface area contributed by atoms with Crippen LogP contribution in [0, 0.1) is 5.92 Å². The van der Waals surface area contributed by atoms with Gasteiger partial charge in [-0.3, -0.25) is 4.79 Å². The van der Waals surface area contributed by atoms with Crippen LogP contribution in [0.3, 0.4) is 0 Å². The summed E-state index contributed by atoms with van der Waals surface area (Å²) in [7, 11) is 1.96. The van der Waals surface area contributed by atoms with Crippen LogP contribution in [0.5, 0.6) is 0 Å². The Kier molecular flexibility index (Phi) is 1.37. The van der Waals surface area contributed by atoms with Crippen LogP contribution >= 0.6 is 0 Å². The van der Waals surface area contributed by atoms with Gasteiger partial charge in [0.25, 0.3) is 0 Å². The van der Waals surface area contributed by atoms with Gasteiger partial charge in [-0.2, -0.15) is 0 Å². The topological polar surface area (TPSA) is 32.3 Å². The summed E-state index contributed by atoms with van der Waals surface area (Å²) in [5.41, 5.74) is 1.29. The van der Waals surface area contributed by atoms with Crippen molar-refractivity contribution < 1.29 is 4.79 Å². The molecule has 0 saturated heterocycles. The van der Waals surface area contributed by atoms with E-state index in [1.807, 2.05) is 18.1 Å². The number of hydrogen-bond donors (Lipinski definition) is 1. The first-order valence-electron chi connectivity index (χ1n) is 3.97. The fraction of sp³-hybridized carbons (Fsp3) is 0.625. The molecular weight excluding hydrogens is 140 g/mol. The van der Waals surface area contributed by atoms with Crippen LogP contribution in [0.1, 0.15) is 12.8 Å². The van der Waals surface area contributed by atoms with Gasteiger partial charge in [-0.25, -0.2) is 0 Å². The van der Waals surface area contributed by atoms with Crippen molar-refractivity contribution in [2.24, 2.45) is 5.92 Å². The highest BCUT2D eigenvalue weighted by Gasteiger charge is 2.33. The summed E-state index contributed by atoms with van der Waals surface area (Å²) >= 11 is 0. The van der Waals surface area contributed by atoms with Crippen molar-refractivity contribution >= 4 is 6.29 Å². The van der Waals surface area contributed by atoms with Crippen molar-refractivity contribution in [1.29, 1.82) is 0 Å². The van der Waals surface area contributed by atoms with Gasteiger partial charge in [0.05, 0.1) is 0 Å². The lowest BCUT2D eigenvalue weighted by Crippen LogP contribution is -2.35. The molecule has 2 aliphatic rings. The van der Waals surface area contributed by atoms with Gasteiger partial charge in [0.1, 0.15) is 0 Å². The van der Waals surface area contributed by atoms with Crippen LogP contribution in [-0.2, 0) is 4.79 Å². The predicted molar refractivity (Wildman–Crippen MR) is 41.6 cm³/mol. The van der Waals surface area contributed by atoms with E-state index in [1.54, 1.807) is 0 Å². The molecule has 1 saturated carbocycles. The first kappa shape index (κ1) is 6.70. The smallest absolute Gasteiger partial charge is 0.162 e. The van der Waals surface area contributed by atoms with E-state index in [0.717, 1.165) is 12.2 Å². The lowest BCUT2D eigenvalue weighted by Gasteiger charge is -2.19. The SMILES string of the molecule is CN1C(C2CC2)=CNC1C=O. The second kappa shape index (κ2) is 2.26. The van der Waals surface area contributed by atoms with Crippen LogP contribution in [0.4, 0.5) is 0 Å². The number of likely N-dealkylation sites (N-methyl/N-ethyl adjacent to an activating group) is 1. The quantitative estimate of drug-likeness (QED) is 0.577. The molecule has 0 aromatic rings. The van der Waals surface area contributed by atoms with Gasteiger partial charge in [-0.05, 0) is 12.8 Å². The maximum absolute atomic E-state index is 10.5. The number of nitrogens with one attached hydrogen (secondary N) is 1. The number of carbonyl (C=O) groups is 1. The van der Waals surface area contributed by atoms with E-state index >= 15 is 0 Å². The van der Waals surface area contributed by atoms with Crippen LogP contribution in [0.25, 0.3) is 0 Å². The van der Waals surface area contributed by atoms with E-state index in [0.29, 0.717) is 0 Å². The van der Waals surface area contributed by atoms with Crippen LogP contribution in [0.2, 0.25) is 0 Å². The molecule has 1 heterocycles. The molecule has 60 valence electrons. The van der Waals surface area contributed by atoms with Crippen molar-refractivity contribution in [2.45, 2.75) is 19.0 Å². The Morgan fingerprint density at radius 1 is 1.73 bits per heavy atom. The molecule has 3 heteroatoms. The van der Waals surface area contributed by atoms with Gasteiger partial charge in [-0.1, -0.05) is 0 Å². The fourth-order valence-corrected chi connectivity index (χ4v) is 1.46. The van der Waals surface area contributed by atoms with Gasteiger partial charge < -0.3 is 10.2 Å². The lowest BCUT2D eigenvalue weighted by atomic mass is 10.3. The molecule has 0 aromatic heterocycles. The first-order chi connectivity index (χ1) is 5.33. The molecule has 0 radical (unpaired) electrons. The maximum atomic E-state index is 10.5. The number of nitrogens with zero attached hydrogens (tertiary/aromatic N) is 1. The highest BCUT2D eigenvalue weighted by Crippen LogP contribution is 2.39. The summed E-state index contributed by atoms with van der Waals surface area (Å²) in [6.07, 6.45) is 5.35. The number of carbonyl (C=O) groups excluding carboxylic acids is 1. The van der Waals surface area contributed by atoms with E-state index in [4.69, 9.17) is 0 Å². The molecule has 1 fully saturated rings. The van der Waals surface area contributed by atoms with E-state index in [2.05, 4.69) is 5.32 Å². The predicted octanol–water partition coefficient (Wildman–Crippen LogP) is 0.298. The van der Waals surface area contributed by atoms with Crippen LogP contribution in [-0.4, -0.2) is 24.4 Å². The minimum absolute atomic E-state index is 0.120. The molecule has 0 aromatic carbocycles. The summed E-state index contributed by atoms with van der Waals surface area (Å²) < 4.78 is 0. The third-order valence-electron chi connectivity index (χ3n) is 2.35. The van der Waals surface area contributed by atoms with E-state index < -0.39 is 0 Å². The van der Waals surface area contributed by atoms with E-state index in [9.17, 15) is 4.79 Å². The minimum Gasteiger partial charge on any atom is -0.364 e. The summed E-state index contributed by atoms with van der Waals surface area (Å²) in [4.78, 5) is 12.5. The zero-order chi connectivity index (χ0) is 7.84. The number of allylic oxidation sites excluding steroid dienone is 1. The molecule has 3 nitrogen and oxygen atoms in total. The summed E-state index contributed by atoms with van der Waals surface area (Å²) in [6.45, 7) is 0. The van der Waals surface area contributed by atoms with Gasteiger partial charge in [0.15, 0.2) is 12.5 Å². The molecule has 1 atom stereocenters. The van der Waals surface area contributed by atoms with Crippen molar-refractivity contribution in [3.8, 4) is 0 Å². The zero-order valence-electron chi connectivity index (χ0n) is 6.58. The molecule has 2 rings (SSSR count). The average Bonchev–Trinajstić information content (AvgIpc) is 2.77. The largest absolute Gasteiger partial charge is 0.364 e. The molecule has 1 aliphatic heterocycles. The maximum Gasteiger partial charge on any atom is 0.162 e. The number of rotatable bonds is 2. The third kappa shape index (κ3) is 1.00. The number of aldehydes is 1. The second-order valence-electron chi connectivity index (χ2n) is 3.20. The van der Waals surface area contributed by atoms with Crippen molar-refractivity contribution in [1.82, 2.24) is 10.2 Å². The highest BCUT2D eigenvalue weighted by atomic mass is 16.1. The Morgan fingerprint density at radius 2 is 2.45 bits per heavy atom. The summed E-state index contributed by atoms with van der Waals surface area (Å²) in [6, 6.07) is 0. The molecule has 11 heavy (non-hydrogen) atoms. The average molecular weight is 152 g/mol. The molecule has 1 aliphatic carbocycles. The Balaban J connectivity index is 2.06. The third-order valence-corrected chi connectivity index (χ3v) is 2.35. The molecule has 0 amide bonds. The molecule has 1 N–H and O–H groups in total. The standard InChI is InChI=1S/C8H12N2O/c1-10-7(6-2-3-6)4-9-8(10)5-11/h4-6,8-9H,2-3H2,1H3. The summed E-state index contributed by atoms with van der Waals surface area (Å²) in [5, 5.41) is 3.02. The Morgan fingerprint density at radius 3 is 2.91 bits per heavy atom. The van der Waals surface area contributed by atoms with Crippen molar-refractivity contribution in [3.63, 3.8) is 0 Å². The Labute approximate surface area is 66.1 Å². The number of hydrogen-bond acceptors (Lipinski definition) is 3. The highest BCUT2D eigenvalue weighted by molar-refractivity contribution is 5.59. The van der Waals surface area contributed by atoms with Gasteiger partial charge in [0, 0.05) is 24.9 Å². The minimum atomic E-state index is -0.120. The Bertz CT molecular complexity index is 208. The molecular formula is C8H12N2O.